The predicted molar refractivity (Wildman–Crippen MR) is 176 cm³/mol. The van der Waals surface area contributed by atoms with E-state index in [0.29, 0.717) is 12.8 Å². The number of rotatable bonds is 12. The summed E-state index contributed by atoms with van der Waals surface area (Å²) in [6, 6.07) is 8.26. The Morgan fingerprint density at radius 2 is 1.58 bits per heavy atom. The van der Waals surface area contributed by atoms with Gasteiger partial charge >= 0.3 is 12.2 Å². The van der Waals surface area contributed by atoms with E-state index in [4.69, 9.17) is 37.9 Å². The zero-order chi connectivity index (χ0) is 35.4. The Bertz CT molecular complexity index is 1350. The fourth-order valence-corrected chi connectivity index (χ4v) is 7.09. The van der Waals surface area contributed by atoms with E-state index in [2.05, 4.69) is 10.6 Å². The van der Waals surface area contributed by atoms with Gasteiger partial charge in [0.15, 0.2) is 25.0 Å². The third-order valence-corrected chi connectivity index (χ3v) is 9.93. The third kappa shape index (κ3) is 8.34. The first-order valence-electron chi connectivity index (χ1n) is 17.7. The maximum Gasteiger partial charge on any atom is 0.408 e. The molecule has 1 saturated carbocycles. The second-order valence-corrected chi connectivity index (χ2v) is 13.6. The van der Waals surface area contributed by atoms with E-state index in [1.54, 1.807) is 0 Å². The van der Waals surface area contributed by atoms with Crippen molar-refractivity contribution < 1.29 is 57.7 Å². The molecule has 50 heavy (non-hydrogen) atoms. The molecule has 276 valence electrons. The lowest BCUT2D eigenvalue weighted by Crippen LogP contribution is -2.60. The molecule has 1 aromatic rings. The van der Waals surface area contributed by atoms with E-state index in [0.717, 1.165) is 12.0 Å². The number of hydrogen-bond donors (Lipinski definition) is 4. The first kappa shape index (κ1) is 36.7. The predicted octanol–water partition coefficient (Wildman–Crippen LogP) is 3.05. The van der Waals surface area contributed by atoms with Crippen molar-refractivity contribution in [2.75, 3.05) is 6.61 Å². The number of amides is 2. The van der Waals surface area contributed by atoms with Gasteiger partial charge in [0.1, 0.15) is 37.1 Å². The van der Waals surface area contributed by atoms with Crippen LogP contribution >= 0.6 is 0 Å². The van der Waals surface area contributed by atoms with E-state index in [1.165, 1.54) is 0 Å². The molecule has 5 aliphatic rings. The number of fused-ring (bicyclic) bond motifs is 1. The smallest absolute Gasteiger partial charge is 0.408 e. The summed E-state index contributed by atoms with van der Waals surface area (Å²) in [5, 5.41) is 27.4. The molecule has 0 bridgehead atoms. The first-order valence-corrected chi connectivity index (χ1v) is 17.7. The van der Waals surface area contributed by atoms with Crippen LogP contribution in [0.25, 0.3) is 0 Å². The monoisotopic (exact) mass is 702 g/mol. The quantitative estimate of drug-likeness (QED) is 0.235. The van der Waals surface area contributed by atoms with Gasteiger partial charge in [-0.2, -0.15) is 0 Å². The van der Waals surface area contributed by atoms with Gasteiger partial charge in [-0.15, -0.1) is 0 Å². The van der Waals surface area contributed by atoms with E-state index in [9.17, 15) is 19.8 Å². The van der Waals surface area contributed by atoms with E-state index in [1.807, 2.05) is 82.3 Å². The minimum absolute atomic E-state index is 0.0923. The van der Waals surface area contributed by atoms with Crippen LogP contribution in [0, 0.1) is 11.8 Å². The molecule has 4 aliphatic heterocycles. The highest BCUT2D eigenvalue weighted by molar-refractivity contribution is 5.70. The molecule has 1 aromatic carbocycles. The van der Waals surface area contributed by atoms with Gasteiger partial charge in [-0.3, -0.25) is 0 Å². The molecule has 2 saturated heterocycles. The van der Waals surface area contributed by atoms with Crippen molar-refractivity contribution in [2.24, 2.45) is 11.8 Å². The van der Waals surface area contributed by atoms with Gasteiger partial charge in [0.2, 0.25) is 0 Å². The zero-order valence-electron chi connectivity index (χ0n) is 28.9. The zero-order valence-corrected chi connectivity index (χ0v) is 28.9. The van der Waals surface area contributed by atoms with Crippen LogP contribution in [0.5, 0.6) is 0 Å². The Morgan fingerprint density at radius 3 is 2.30 bits per heavy atom. The van der Waals surface area contributed by atoms with Gasteiger partial charge in [-0.1, -0.05) is 82.3 Å². The maximum absolute atomic E-state index is 12.9. The second kappa shape index (κ2) is 16.5. The fraction of sp³-hybridized carbons (Fsp3) is 0.667. The molecular formula is C36H50N2O12. The van der Waals surface area contributed by atoms with Crippen molar-refractivity contribution in [2.45, 2.75) is 133 Å². The van der Waals surface area contributed by atoms with Crippen molar-refractivity contribution in [3.63, 3.8) is 0 Å². The highest BCUT2D eigenvalue weighted by atomic mass is 16.8. The molecule has 3 fully saturated rings. The van der Waals surface area contributed by atoms with Gasteiger partial charge in [-0.05, 0) is 30.7 Å². The number of nitrogens with one attached hydrogen (secondary N) is 2. The third-order valence-electron chi connectivity index (χ3n) is 9.93. The number of carbonyl (C=O) groups excluding carboxylic acids is 2. The Kier molecular flexibility index (Phi) is 12.1. The Morgan fingerprint density at radius 1 is 0.900 bits per heavy atom. The molecule has 4 N–H and O–H groups in total. The van der Waals surface area contributed by atoms with Crippen LogP contribution in [0.1, 0.15) is 52.5 Å². The minimum Gasteiger partial charge on any atom is -0.445 e. The van der Waals surface area contributed by atoms with E-state index < -0.39 is 80.3 Å². The Balaban J connectivity index is 1.18. The average molecular weight is 703 g/mol. The van der Waals surface area contributed by atoms with Crippen LogP contribution in [0.4, 0.5) is 9.59 Å². The van der Waals surface area contributed by atoms with Crippen molar-refractivity contribution >= 4 is 12.2 Å². The summed E-state index contributed by atoms with van der Waals surface area (Å²) in [6.45, 7) is 7.54. The molecule has 15 atom stereocenters. The Hall–Kier alpha value is -3.08. The van der Waals surface area contributed by atoms with Gasteiger partial charge in [0.05, 0.1) is 31.0 Å². The highest BCUT2D eigenvalue weighted by Gasteiger charge is 2.56. The highest BCUT2D eigenvalue weighted by Crippen LogP contribution is 2.39. The van der Waals surface area contributed by atoms with Crippen LogP contribution in [0.3, 0.4) is 0 Å². The molecule has 14 heteroatoms. The molecule has 1 aliphatic carbocycles. The summed E-state index contributed by atoms with van der Waals surface area (Å²) in [7, 11) is 0. The molecule has 6 rings (SSSR count). The second-order valence-electron chi connectivity index (χ2n) is 13.6. The normalized spacial score (nSPS) is 40.9. The minimum atomic E-state index is -1.32. The van der Waals surface area contributed by atoms with Gasteiger partial charge in [-0.25, -0.2) is 9.59 Å². The molecule has 0 radical (unpaired) electrons. The molecule has 14 nitrogen and oxygen atoms in total. The summed E-state index contributed by atoms with van der Waals surface area (Å²) in [5.74, 6) is -0.295. The van der Waals surface area contributed by atoms with Crippen molar-refractivity contribution in [1.82, 2.24) is 10.6 Å². The summed E-state index contributed by atoms with van der Waals surface area (Å²) in [5.41, 5.74) is 0.845. The van der Waals surface area contributed by atoms with Crippen molar-refractivity contribution in [1.29, 1.82) is 0 Å². The molecule has 0 spiro atoms. The topological polar surface area (TPSA) is 172 Å². The lowest BCUT2D eigenvalue weighted by atomic mass is 9.80. The molecule has 2 amide bonds. The average Bonchev–Trinajstić information content (AvgIpc) is 3.64. The number of carbonyl (C=O) groups is 2. The van der Waals surface area contributed by atoms with Crippen molar-refractivity contribution in [3.8, 4) is 0 Å². The van der Waals surface area contributed by atoms with Crippen LogP contribution in [0.15, 0.2) is 54.6 Å². The van der Waals surface area contributed by atoms with Crippen molar-refractivity contribution in [3.05, 3.63) is 60.2 Å². The molecule has 15 unspecified atom stereocenters. The summed E-state index contributed by atoms with van der Waals surface area (Å²) in [6.07, 6.45) is -0.536. The number of aliphatic hydroxyl groups is 2. The van der Waals surface area contributed by atoms with Crippen LogP contribution in [-0.4, -0.2) is 109 Å². The van der Waals surface area contributed by atoms with Gasteiger partial charge in [0.25, 0.3) is 0 Å². The van der Waals surface area contributed by atoms with E-state index in [-0.39, 0.29) is 36.7 Å². The fourth-order valence-electron chi connectivity index (χ4n) is 7.09. The SMILES string of the molecule is CCC1C=CC(C)C(OC2C(CO)OC(OC3C(OC4OC(CC)C=CC4NC(=O)OCc4ccccc4)C(C)CC4NC(=O)OC43)C2O)O1. The molecule has 0 aromatic heterocycles. The first-order chi connectivity index (χ1) is 24.2. The Labute approximate surface area is 292 Å². The van der Waals surface area contributed by atoms with Gasteiger partial charge < -0.3 is 58.7 Å². The summed E-state index contributed by atoms with van der Waals surface area (Å²) in [4.78, 5) is 25.3. The van der Waals surface area contributed by atoms with Crippen LogP contribution in [-0.2, 0) is 44.5 Å². The largest absolute Gasteiger partial charge is 0.445 e. The number of ether oxygens (including phenoxy) is 8. The standard InChI is InChI=1S/C36H50N2O12/c1-5-22-13-12-19(3)32(44-22)48-30-26(17-39)46-34(27(30)40)49-31-28(20(4)16-25-29(31)50-36(42)38-25)47-33-24(15-14-23(6-2)45-33)37-35(41)43-18-21-10-8-7-9-11-21/h7-15,19-20,22-34,39-40H,5-6,16-18H2,1-4H3,(H,37,41)(H,38,42). The lowest BCUT2D eigenvalue weighted by Gasteiger charge is -2.45. The molecule has 4 heterocycles. The number of benzene rings is 1. The molecular weight excluding hydrogens is 652 g/mol. The van der Waals surface area contributed by atoms with Gasteiger partial charge in [0, 0.05) is 5.92 Å². The number of aliphatic hydroxyl groups excluding tert-OH is 2. The summed E-state index contributed by atoms with van der Waals surface area (Å²) >= 11 is 0. The number of alkyl carbamates (subject to hydrolysis) is 2. The maximum atomic E-state index is 12.9. The van der Waals surface area contributed by atoms with E-state index >= 15 is 0 Å². The van der Waals surface area contributed by atoms with Crippen LogP contribution < -0.4 is 10.6 Å². The number of hydrogen-bond acceptors (Lipinski definition) is 12. The van der Waals surface area contributed by atoms with Crippen LogP contribution in [0.2, 0.25) is 0 Å². The lowest BCUT2D eigenvalue weighted by molar-refractivity contribution is -0.283. The summed E-state index contributed by atoms with van der Waals surface area (Å²) < 4.78 is 48.9.